The molecular weight excluding hydrogens is 208 g/mol. The summed E-state index contributed by atoms with van der Waals surface area (Å²) in [7, 11) is 1.86. The largest absolute Gasteiger partial charge is 0.374 e. The highest BCUT2D eigenvalue weighted by Crippen LogP contribution is 2.31. The minimum Gasteiger partial charge on any atom is -0.374 e. The Bertz CT molecular complexity index is 254. The molecule has 0 heterocycles. The molecule has 17 heavy (non-hydrogen) atoms. The molecule has 0 fully saturated rings. The Balaban J connectivity index is 2.76. The molecule has 0 saturated heterocycles. The molecular formula is C16H30O. The Morgan fingerprint density at radius 2 is 1.41 bits per heavy atom. The fourth-order valence-electron chi connectivity index (χ4n) is 2.82. The predicted molar refractivity (Wildman–Crippen MR) is 75.3 cm³/mol. The van der Waals surface area contributed by atoms with Crippen molar-refractivity contribution in [3.63, 3.8) is 0 Å². The number of rotatable bonds is 1. The third kappa shape index (κ3) is 4.46. The van der Waals surface area contributed by atoms with Crippen LogP contribution >= 0.6 is 0 Å². The number of ether oxygens (including phenoxy) is 1. The van der Waals surface area contributed by atoms with Gasteiger partial charge in [0.1, 0.15) is 0 Å². The summed E-state index contributed by atoms with van der Waals surface area (Å²) >= 11 is 0. The van der Waals surface area contributed by atoms with E-state index < -0.39 is 0 Å². The molecule has 1 rings (SSSR count). The average Bonchev–Trinajstić information content (AvgIpc) is 2.34. The van der Waals surface area contributed by atoms with Gasteiger partial charge in [0.15, 0.2) is 0 Å². The number of methoxy groups -OCH3 is 1. The molecule has 0 N–H and O–H groups in total. The van der Waals surface area contributed by atoms with Crippen molar-refractivity contribution in [2.75, 3.05) is 7.11 Å². The number of allylic oxidation sites excluding steroid dienone is 1. The van der Waals surface area contributed by atoms with Crippen LogP contribution in [0.25, 0.3) is 0 Å². The molecule has 0 bridgehead atoms. The Hall–Kier alpha value is -0.300. The monoisotopic (exact) mass is 238 g/mol. The van der Waals surface area contributed by atoms with Gasteiger partial charge in [-0.2, -0.15) is 0 Å². The van der Waals surface area contributed by atoms with E-state index in [1.54, 1.807) is 5.57 Å². The lowest BCUT2D eigenvalue weighted by atomic mass is 9.85. The summed E-state index contributed by atoms with van der Waals surface area (Å²) in [5.41, 5.74) is 3.00. The fourth-order valence-corrected chi connectivity index (χ4v) is 2.82. The van der Waals surface area contributed by atoms with Crippen molar-refractivity contribution in [2.24, 2.45) is 0 Å². The summed E-state index contributed by atoms with van der Waals surface area (Å²) in [5, 5.41) is 0. The van der Waals surface area contributed by atoms with Gasteiger partial charge in [-0.1, -0.05) is 44.1 Å². The maximum atomic E-state index is 5.81. The lowest BCUT2D eigenvalue weighted by Gasteiger charge is -2.31. The Kier molecular flexibility index (Phi) is 6.26. The van der Waals surface area contributed by atoms with Crippen LogP contribution in [0, 0.1) is 0 Å². The Morgan fingerprint density at radius 1 is 0.882 bits per heavy atom. The van der Waals surface area contributed by atoms with E-state index in [0.29, 0.717) is 0 Å². The van der Waals surface area contributed by atoms with Crippen LogP contribution < -0.4 is 0 Å². The molecule has 1 aliphatic rings. The molecule has 0 aromatic heterocycles. The van der Waals surface area contributed by atoms with Crippen LogP contribution in [0.4, 0.5) is 0 Å². The molecule has 0 saturated carbocycles. The lowest BCUT2D eigenvalue weighted by Crippen LogP contribution is -2.29. The van der Waals surface area contributed by atoms with Crippen LogP contribution in [0.5, 0.6) is 0 Å². The maximum absolute atomic E-state index is 5.81. The molecule has 1 aliphatic carbocycles. The highest BCUT2D eigenvalue weighted by Gasteiger charge is 2.26. The highest BCUT2D eigenvalue weighted by molar-refractivity contribution is 5.20. The summed E-state index contributed by atoms with van der Waals surface area (Å²) < 4.78 is 5.81. The zero-order valence-corrected chi connectivity index (χ0v) is 12.3. The van der Waals surface area contributed by atoms with E-state index in [-0.39, 0.29) is 5.60 Å². The minimum absolute atomic E-state index is 0.0245. The van der Waals surface area contributed by atoms with E-state index in [0.717, 1.165) is 0 Å². The van der Waals surface area contributed by atoms with Crippen molar-refractivity contribution in [1.82, 2.24) is 0 Å². The molecule has 1 unspecified atom stereocenters. The topological polar surface area (TPSA) is 9.23 Å². The van der Waals surface area contributed by atoms with Crippen molar-refractivity contribution in [2.45, 2.75) is 84.2 Å². The van der Waals surface area contributed by atoms with Gasteiger partial charge in [-0.3, -0.25) is 0 Å². The van der Waals surface area contributed by atoms with E-state index in [4.69, 9.17) is 4.74 Å². The van der Waals surface area contributed by atoms with E-state index in [1.807, 2.05) is 7.11 Å². The average molecular weight is 238 g/mol. The zero-order valence-electron chi connectivity index (χ0n) is 12.3. The van der Waals surface area contributed by atoms with Gasteiger partial charge in [0, 0.05) is 7.11 Å². The quantitative estimate of drug-likeness (QED) is 0.567. The van der Waals surface area contributed by atoms with Gasteiger partial charge >= 0.3 is 0 Å². The van der Waals surface area contributed by atoms with Crippen LogP contribution in [-0.4, -0.2) is 12.7 Å². The number of hydrogen-bond donors (Lipinski definition) is 0. The van der Waals surface area contributed by atoms with Crippen molar-refractivity contribution in [3.05, 3.63) is 11.1 Å². The zero-order chi connectivity index (χ0) is 12.7. The summed E-state index contributed by atoms with van der Waals surface area (Å²) in [4.78, 5) is 0. The van der Waals surface area contributed by atoms with Crippen LogP contribution in [0.15, 0.2) is 11.1 Å². The molecule has 1 heteroatoms. The second-order valence-corrected chi connectivity index (χ2v) is 5.82. The summed E-state index contributed by atoms with van der Waals surface area (Å²) in [6.07, 6.45) is 12.1. The maximum Gasteiger partial charge on any atom is 0.0859 e. The van der Waals surface area contributed by atoms with E-state index in [1.165, 1.54) is 63.4 Å². The van der Waals surface area contributed by atoms with Gasteiger partial charge in [0.05, 0.1) is 5.60 Å². The van der Waals surface area contributed by atoms with Crippen LogP contribution in [0.1, 0.15) is 78.6 Å². The molecule has 1 nitrogen and oxygen atoms in total. The van der Waals surface area contributed by atoms with Crippen molar-refractivity contribution >= 4 is 0 Å². The molecule has 0 aliphatic heterocycles. The van der Waals surface area contributed by atoms with Gasteiger partial charge in [-0.05, 0) is 45.6 Å². The van der Waals surface area contributed by atoms with Gasteiger partial charge in [0.2, 0.25) is 0 Å². The van der Waals surface area contributed by atoms with Gasteiger partial charge in [-0.25, -0.2) is 0 Å². The second-order valence-electron chi connectivity index (χ2n) is 5.82. The van der Waals surface area contributed by atoms with Gasteiger partial charge < -0.3 is 4.74 Å². The summed E-state index contributed by atoms with van der Waals surface area (Å²) in [6.45, 7) is 6.82. The molecule has 1 atom stereocenters. The smallest absolute Gasteiger partial charge is 0.0859 e. The van der Waals surface area contributed by atoms with Crippen LogP contribution in [-0.2, 0) is 4.74 Å². The van der Waals surface area contributed by atoms with Crippen molar-refractivity contribution in [1.29, 1.82) is 0 Å². The predicted octanol–water partition coefficient (Wildman–Crippen LogP) is 5.25. The van der Waals surface area contributed by atoms with E-state index in [2.05, 4.69) is 20.8 Å². The van der Waals surface area contributed by atoms with Crippen molar-refractivity contribution in [3.8, 4) is 0 Å². The van der Waals surface area contributed by atoms with E-state index in [9.17, 15) is 0 Å². The first-order valence-corrected chi connectivity index (χ1v) is 7.32. The fraction of sp³-hybridized carbons (Fsp3) is 0.875. The SMILES string of the molecule is COC1(C)CCCCCCCCC/C(C)=C\1C. The first-order chi connectivity index (χ1) is 8.10. The lowest BCUT2D eigenvalue weighted by molar-refractivity contribution is 0.0277. The molecule has 100 valence electrons. The Morgan fingerprint density at radius 3 is 2.00 bits per heavy atom. The third-order valence-electron chi connectivity index (χ3n) is 4.59. The second kappa shape index (κ2) is 7.20. The summed E-state index contributed by atoms with van der Waals surface area (Å²) in [5.74, 6) is 0. The van der Waals surface area contributed by atoms with Crippen LogP contribution in [0.3, 0.4) is 0 Å². The molecule has 0 amide bonds. The molecule has 0 aromatic rings. The normalized spacial score (nSPS) is 33.9. The van der Waals surface area contributed by atoms with E-state index >= 15 is 0 Å². The van der Waals surface area contributed by atoms with Crippen molar-refractivity contribution < 1.29 is 4.74 Å². The number of hydrogen-bond acceptors (Lipinski definition) is 1. The van der Waals surface area contributed by atoms with Crippen LogP contribution in [0.2, 0.25) is 0 Å². The molecule has 0 aromatic carbocycles. The first kappa shape index (κ1) is 14.8. The van der Waals surface area contributed by atoms with Gasteiger partial charge in [0.25, 0.3) is 0 Å². The third-order valence-corrected chi connectivity index (χ3v) is 4.59. The Labute approximate surface area is 108 Å². The molecule has 0 radical (unpaired) electrons. The molecule has 0 spiro atoms. The highest BCUT2D eigenvalue weighted by atomic mass is 16.5. The van der Waals surface area contributed by atoms with Gasteiger partial charge in [-0.15, -0.1) is 0 Å². The minimum atomic E-state index is -0.0245. The first-order valence-electron chi connectivity index (χ1n) is 7.32. The standard InChI is InChI=1S/C16H30O/c1-14-12-10-8-6-5-7-9-11-13-16(3,17-4)15(14)2/h5-13H2,1-4H3/b15-14-. The summed E-state index contributed by atoms with van der Waals surface area (Å²) in [6, 6.07) is 0.